The molecule has 0 aliphatic carbocycles. The molecule has 2 aromatic rings. The van der Waals surface area contributed by atoms with E-state index in [1.54, 1.807) is 17.7 Å². The summed E-state index contributed by atoms with van der Waals surface area (Å²) in [5.41, 5.74) is 1.57. The number of hydrogen-bond acceptors (Lipinski definition) is 5. The molecule has 2 aromatic heterocycles. The van der Waals surface area contributed by atoms with Gasteiger partial charge in [0.2, 0.25) is 0 Å². The van der Waals surface area contributed by atoms with Gasteiger partial charge in [-0.05, 0) is 19.9 Å². The van der Waals surface area contributed by atoms with Crippen molar-refractivity contribution in [2.75, 3.05) is 7.11 Å². The summed E-state index contributed by atoms with van der Waals surface area (Å²) in [6, 6.07) is 1.86. The van der Waals surface area contributed by atoms with E-state index in [1.165, 1.54) is 7.11 Å². The minimum atomic E-state index is -0.377. The van der Waals surface area contributed by atoms with Crippen LogP contribution in [-0.2, 0) is 18.3 Å². The number of aromatic nitrogens is 2. The van der Waals surface area contributed by atoms with Crippen LogP contribution in [0.3, 0.4) is 0 Å². The maximum atomic E-state index is 11.5. The monoisotopic (exact) mass is 277 g/mol. The third-order valence-electron chi connectivity index (χ3n) is 3.18. The molecule has 0 aliphatic heterocycles. The molecule has 6 heteroatoms. The molecule has 0 amide bonds. The lowest BCUT2D eigenvalue weighted by Gasteiger charge is -2.10. The number of nitrogens with one attached hydrogen (secondary N) is 1. The molecule has 0 bridgehead atoms. The molecule has 6 nitrogen and oxygen atoms in total. The summed E-state index contributed by atoms with van der Waals surface area (Å²) >= 11 is 0. The molecule has 20 heavy (non-hydrogen) atoms. The van der Waals surface area contributed by atoms with E-state index in [-0.39, 0.29) is 12.0 Å². The van der Waals surface area contributed by atoms with E-state index < -0.39 is 0 Å². The molecule has 0 aromatic carbocycles. The van der Waals surface area contributed by atoms with E-state index in [4.69, 9.17) is 9.15 Å². The largest absolute Gasteiger partial charge is 0.465 e. The number of aryl methyl sites for hydroxylation is 2. The lowest BCUT2D eigenvalue weighted by atomic mass is 10.2. The van der Waals surface area contributed by atoms with Crippen LogP contribution in [0, 0.1) is 6.92 Å². The van der Waals surface area contributed by atoms with Crippen LogP contribution in [0.15, 0.2) is 22.9 Å². The van der Waals surface area contributed by atoms with Gasteiger partial charge in [0.15, 0.2) is 0 Å². The summed E-state index contributed by atoms with van der Waals surface area (Å²) < 4.78 is 12.0. The van der Waals surface area contributed by atoms with Gasteiger partial charge in [-0.25, -0.2) is 4.79 Å². The SMILES string of the molecule is COC(=O)c1cc(CNC(C)c2cnn(C)c2)oc1C. The number of esters is 1. The number of nitrogens with zero attached hydrogens (tertiary/aromatic N) is 2. The zero-order valence-electron chi connectivity index (χ0n) is 12.1. The minimum absolute atomic E-state index is 0.149. The van der Waals surface area contributed by atoms with E-state index in [9.17, 15) is 4.79 Å². The summed E-state index contributed by atoms with van der Waals surface area (Å²) in [5, 5.41) is 7.46. The van der Waals surface area contributed by atoms with Crippen LogP contribution in [0.4, 0.5) is 0 Å². The minimum Gasteiger partial charge on any atom is -0.465 e. The topological polar surface area (TPSA) is 69.3 Å². The number of carbonyl (C=O) groups is 1. The van der Waals surface area contributed by atoms with Crippen molar-refractivity contribution in [3.8, 4) is 0 Å². The molecule has 0 saturated carbocycles. The van der Waals surface area contributed by atoms with Crippen molar-refractivity contribution in [1.82, 2.24) is 15.1 Å². The molecular weight excluding hydrogens is 258 g/mol. The molecule has 108 valence electrons. The first-order valence-electron chi connectivity index (χ1n) is 6.40. The van der Waals surface area contributed by atoms with Gasteiger partial charge in [-0.1, -0.05) is 0 Å². The lowest BCUT2D eigenvalue weighted by molar-refractivity contribution is 0.0599. The summed E-state index contributed by atoms with van der Waals surface area (Å²) in [6.07, 6.45) is 3.79. The Morgan fingerprint density at radius 1 is 1.60 bits per heavy atom. The van der Waals surface area contributed by atoms with E-state index in [2.05, 4.69) is 10.4 Å². The number of hydrogen-bond donors (Lipinski definition) is 1. The van der Waals surface area contributed by atoms with Crippen LogP contribution in [-0.4, -0.2) is 22.9 Å². The second-order valence-corrected chi connectivity index (χ2v) is 4.72. The van der Waals surface area contributed by atoms with Gasteiger partial charge < -0.3 is 14.5 Å². The zero-order chi connectivity index (χ0) is 14.7. The van der Waals surface area contributed by atoms with Gasteiger partial charge in [0.05, 0.1) is 19.9 Å². The fourth-order valence-electron chi connectivity index (χ4n) is 1.98. The molecule has 2 heterocycles. The van der Waals surface area contributed by atoms with Crippen molar-refractivity contribution in [1.29, 1.82) is 0 Å². The van der Waals surface area contributed by atoms with Gasteiger partial charge in [-0.15, -0.1) is 0 Å². The highest BCUT2D eigenvalue weighted by Crippen LogP contribution is 2.17. The van der Waals surface area contributed by atoms with Crippen LogP contribution in [0.2, 0.25) is 0 Å². The average Bonchev–Trinajstić information content (AvgIpc) is 3.01. The predicted octanol–water partition coefficient (Wildman–Crippen LogP) is 1.96. The molecule has 1 unspecified atom stereocenters. The van der Waals surface area contributed by atoms with Gasteiger partial charge in [0.25, 0.3) is 0 Å². The van der Waals surface area contributed by atoms with E-state index in [0.717, 1.165) is 5.56 Å². The fourth-order valence-corrected chi connectivity index (χ4v) is 1.98. The standard InChI is InChI=1S/C14H19N3O3/c1-9(11-6-16-17(3)8-11)15-7-12-5-13(10(2)20-12)14(18)19-4/h5-6,8-9,15H,7H2,1-4H3. The van der Waals surface area contributed by atoms with Crippen LogP contribution < -0.4 is 5.32 Å². The molecule has 0 aliphatic rings. The molecule has 1 N–H and O–H groups in total. The third kappa shape index (κ3) is 3.08. The van der Waals surface area contributed by atoms with E-state index >= 15 is 0 Å². The van der Waals surface area contributed by atoms with Crippen molar-refractivity contribution in [3.05, 3.63) is 41.1 Å². The van der Waals surface area contributed by atoms with Crippen molar-refractivity contribution >= 4 is 5.97 Å². The molecular formula is C14H19N3O3. The number of ether oxygens (including phenoxy) is 1. The van der Waals surface area contributed by atoms with Gasteiger partial charge in [0.1, 0.15) is 17.1 Å². The Kier molecular flexibility index (Phi) is 4.24. The first kappa shape index (κ1) is 14.3. The number of carbonyl (C=O) groups excluding carboxylic acids is 1. The quantitative estimate of drug-likeness (QED) is 0.846. The number of furan rings is 1. The summed E-state index contributed by atoms with van der Waals surface area (Å²) in [7, 11) is 3.24. The Balaban J connectivity index is 1.99. The van der Waals surface area contributed by atoms with Crippen LogP contribution in [0.25, 0.3) is 0 Å². The average molecular weight is 277 g/mol. The highest BCUT2D eigenvalue weighted by Gasteiger charge is 2.16. The van der Waals surface area contributed by atoms with Crippen LogP contribution >= 0.6 is 0 Å². The van der Waals surface area contributed by atoms with Gasteiger partial charge in [-0.3, -0.25) is 4.68 Å². The molecule has 1 atom stereocenters. The normalized spacial score (nSPS) is 12.4. The van der Waals surface area contributed by atoms with Gasteiger partial charge in [-0.2, -0.15) is 5.10 Å². The Labute approximate surface area is 117 Å². The van der Waals surface area contributed by atoms with Crippen molar-refractivity contribution < 1.29 is 13.9 Å². The predicted molar refractivity (Wildman–Crippen MR) is 73.2 cm³/mol. The van der Waals surface area contributed by atoms with Crippen LogP contribution in [0.5, 0.6) is 0 Å². The maximum Gasteiger partial charge on any atom is 0.341 e. The van der Waals surface area contributed by atoms with Crippen molar-refractivity contribution in [3.63, 3.8) is 0 Å². The second-order valence-electron chi connectivity index (χ2n) is 4.72. The fraction of sp³-hybridized carbons (Fsp3) is 0.429. The molecule has 2 rings (SSSR count). The Morgan fingerprint density at radius 3 is 2.95 bits per heavy atom. The first-order valence-corrected chi connectivity index (χ1v) is 6.40. The van der Waals surface area contributed by atoms with Crippen molar-refractivity contribution in [2.45, 2.75) is 26.4 Å². The summed E-state index contributed by atoms with van der Waals surface area (Å²) in [6.45, 7) is 4.34. The highest BCUT2D eigenvalue weighted by atomic mass is 16.5. The van der Waals surface area contributed by atoms with E-state index in [1.807, 2.05) is 26.4 Å². The molecule has 0 spiro atoms. The van der Waals surface area contributed by atoms with Gasteiger partial charge >= 0.3 is 5.97 Å². The second kappa shape index (κ2) is 5.92. The third-order valence-corrected chi connectivity index (χ3v) is 3.18. The zero-order valence-corrected chi connectivity index (χ0v) is 12.1. The van der Waals surface area contributed by atoms with Crippen LogP contribution in [0.1, 0.15) is 40.4 Å². The number of methoxy groups -OCH3 is 1. The molecule has 0 radical (unpaired) electrons. The summed E-state index contributed by atoms with van der Waals surface area (Å²) in [5.74, 6) is 0.902. The van der Waals surface area contributed by atoms with Crippen molar-refractivity contribution in [2.24, 2.45) is 7.05 Å². The Morgan fingerprint density at radius 2 is 2.35 bits per heavy atom. The molecule has 0 fully saturated rings. The first-order chi connectivity index (χ1) is 9.51. The number of rotatable bonds is 5. The maximum absolute atomic E-state index is 11.5. The smallest absolute Gasteiger partial charge is 0.341 e. The Bertz CT molecular complexity index is 601. The van der Waals surface area contributed by atoms with E-state index in [0.29, 0.717) is 23.6 Å². The molecule has 0 saturated heterocycles. The Hall–Kier alpha value is -2.08. The lowest BCUT2D eigenvalue weighted by Crippen LogP contribution is -2.17. The van der Waals surface area contributed by atoms with Gasteiger partial charge in [0, 0.05) is 24.8 Å². The highest BCUT2D eigenvalue weighted by molar-refractivity contribution is 5.90. The summed E-state index contributed by atoms with van der Waals surface area (Å²) in [4.78, 5) is 11.5.